The van der Waals surface area contributed by atoms with Gasteiger partial charge in [-0.3, -0.25) is 0 Å². The predicted molar refractivity (Wildman–Crippen MR) is 75.0 cm³/mol. The Morgan fingerprint density at radius 3 is 2.88 bits per heavy atom. The third-order valence-electron chi connectivity index (χ3n) is 2.63. The van der Waals surface area contributed by atoms with E-state index < -0.39 is 0 Å². The van der Waals surface area contributed by atoms with E-state index in [1.54, 1.807) is 0 Å². The molecule has 1 fully saturated rings. The van der Waals surface area contributed by atoms with E-state index in [0.29, 0.717) is 0 Å². The minimum Gasteiger partial charge on any atom is -0.310 e. The van der Waals surface area contributed by atoms with Crippen LogP contribution >= 0.6 is 27.7 Å². The molecule has 1 aliphatic carbocycles. The Labute approximate surface area is 111 Å². The highest BCUT2D eigenvalue weighted by molar-refractivity contribution is 9.10. The minimum atomic E-state index is 0.785. The molecule has 0 spiro atoms. The fourth-order valence-corrected chi connectivity index (χ4v) is 3.09. The molecule has 0 aliphatic heterocycles. The summed E-state index contributed by atoms with van der Waals surface area (Å²) in [5.74, 6) is 1.19. The number of nitrogens with one attached hydrogen (secondary N) is 1. The Morgan fingerprint density at radius 2 is 2.25 bits per heavy atom. The Morgan fingerprint density at radius 1 is 1.44 bits per heavy atom. The second kappa shape index (κ2) is 6.08. The van der Waals surface area contributed by atoms with Crippen LogP contribution in [-0.4, -0.2) is 11.8 Å². The molecule has 0 aromatic heterocycles. The van der Waals surface area contributed by atoms with Gasteiger partial charge in [-0.25, -0.2) is 0 Å². The summed E-state index contributed by atoms with van der Waals surface area (Å²) in [6.45, 7) is 3.22. The van der Waals surface area contributed by atoms with Crippen LogP contribution in [0.4, 0.5) is 0 Å². The smallest absolute Gasteiger partial charge is 0.0314 e. The van der Waals surface area contributed by atoms with E-state index in [4.69, 9.17) is 0 Å². The molecular formula is C13H18BrNS. The third-order valence-corrected chi connectivity index (χ3v) is 4.83. The second-order valence-electron chi connectivity index (χ2n) is 4.27. The molecular weight excluding hydrogens is 282 g/mol. The van der Waals surface area contributed by atoms with Crippen molar-refractivity contribution in [3.63, 3.8) is 0 Å². The Hall–Kier alpha value is 0.01000. The molecule has 1 nitrogen and oxygen atoms in total. The maximum Gasteiger partial charge on any atom is 0.0314 e. The van der Waals surface area contributed by atoms with Crippen LogP contribution in [0.15, 0.2) is 27.6 Å². The van der Waals surface area contributed by atoms with Gasteiger partial charge in [0.25, 0.3) is 0 Å². The standard InChI is InChI=1S/C13H18BrNS/c1-2-7-16-13-6-3-10(8-12(13)14)9-15-11-4-5-11/h3,6,8,11,15H,2,4-5,7,9H2,1H3. The lowest BCUT2D eigenvalue weighted by atomic mass is 10.2. The summed E-state index contributed by atoms with van der Waals surface area (Å²) < 4.78 is 1.24. The summed E-state index contributed by atoms with van der Waals surface area (Å²) in [7, 11) is 0. The first kappa shape index (κ1) is 12.5. The number of halogens is 1. The van der Waals surface area contributed by atoms with E-state index in [2.05, 4.69) is 46.4 Å². The van der Waals surface area contributed by atoms with Crippen molar-refractivity contribution < 1.29 is 0 Å². The van der Waals surface area contributed by atoms with E-state index >= 15 is 0 Å². The highest BCUT2D eigenvalue weighted by Crippen LogP contribution is 2.29. The van der Waals surface area contributed by atoms with Gasteiger partial charge in [0, 0.05) is 22.0 Å². The van der Waals surface area contributed by atoms with Gasteiger partial charge in [0.05, 0.1) is 0 Å². The van der Waals surface area contributed by atoms with Crippen LogP contribution < -0.4 is 5.32 Å². The molecule has 0 unspecified atom stereocenters. The van der Waals surface area contributed by atoms with Crippen LogP contribution in [-0.2, 0) is 6.54 Å². The lowest BCUT2D eigenvalue weighted by Gasteiger charge is -2.07. The molecule has 0 amide bonds. The zero-order valence-electron chi connectivity index (χ0n) is 9.63. The average Bonchev–Trinajstić information content (AvgIpc) is 3.09. The molecule has 1 aliphatic rings. The van der Waals surface area contributed by atoms with Crippen LogP contribution in [0.2, 0.25) is 0 Å². The molecule has 88 valence electrons. The van der Waals surface area contributed by atoms with Gasteiger partial charge < -0.3 is 5.32 Å². The SMILES string of the molecule is CCCSc1ccc(CNC2CC2)cc1Br. The maximum absolute atomic E-state index is 3.65. The van der Waals surface area contributed by atoms with Gasteiger partial charge in [-0.2, -0.15) is 0 Å². The number of benzene rings is 1. The molecule has 0 heterocycles. The lowest BCUT2D eigenvalue weighted by Crippen LogP contribution is -2.15. The quantitative estimate of drug-likeness (QED) is 0.790. The first-order chi connectivity index (χ1) is 7.79. The monoisotopic (exact) mass is 299 g/mol. The second-order valence-corrected chi connectivity index (χ2v) is 6.26. The van der Waals surface area contributed by atoms with Gasteiger partial charge >= 0.3 is 0 Å². The summed E-state index contributed by atoms with van der Waals surface area (Å²) in [6, 6.07) is 7.49. The Kier molecular flexibility index (Phi) is 4.74. The molecule has 0 saturated heterocycles. The van der Waals surface area contributed by atoms with Gasteiger partial charge in [-0.15, -0.1) is 11.8 Å². The van der Waals surface area contributed by atoms with E-state index in [1.807, 2.05) is 11.8 Å². The molecule has 0 atom stereocenters. The molecule has 1 saturated carbocycles. The van der Waals surface area contributed by atoms with Crippen molar-refractivity contribution in [2.24, 2.45) is 0 Å². The van der Waals surface area contributed by atoms with Gasteiger partial charge in [0.1, 0.15) is 0 Å². The van der Waals surface area contributed by atoms with Crippen molar-refractivity contribution in [1.29, 1.82) is 0 Å². The summed E-state index contributed by atoms with van der Waals surface area (Å²) in [4.78, 5) is 1.36. The summed E-state index contributed by atoms with van der Waals surface area (Å²) in [6.07, 6.45) is 3.93. The molecule has 2 rings (SSSR count). The highest BCUT2D eigenvalue weighted by atomic mass is 79.9. The molecule has 1 aromatic carbocycles. The first-order valence-electron chi connectivity index (χ1n) is 5.94. The fourth-order valence-electron chi connectivity index (χ4n) is 1.53. The highest BCUT2D eigenvalue weighted by Gasteiger charge is 2.19. The van der Waals surface area contributed by atoms with Crippen LogP contribution in [0.5, 0.6) is 0 Å². The van der Waals surface area contributed by atoms with Gasteiger partial charge in [0.15, 0.2) is 0 Å². The van der Waals surface area contributed by atoms with Crippen molar-refractivity contribution in [2.75, 3.05) is 5.75 Å². The number of rotatable bonds is 6. The molecule has 0 radical (unpaired) electrons. The van der Waals surface area contributed by atoms with Crippen LogP contribution in [0.3, 0.4) is 0 Å². The van der Waals surface area contributed by atoms with Crippen LogP contribution in [0, 0.1) is 0 Å². The first-order valence-corrected chi connectivity index (χ1v) is 7.72. The Balaban J connectivity index is 1.91. The largest absolute Gasteiger partial charge is 0.310 e. The number of hydrogen-bond donors (Lipinski definition) is 1. The maximum atomic E-state index is 3.65. The zero-order chi connectivity index (χ0) is 11.4. The van der Waals surface area contributed by atoms with E-state index in [1.165, 1.54) is 39.9 Å². The van der Waals surface area contributed by atoms with Gasteiger partial charge in [-0.05, 0) is 58.6 Å². The molecule has 1 aromatic rings. The lowest BCUT2D eigenvalue weighted by molar-refractivity contribution is 0.687. The third kappa shape index (κ3) is 3.79. The topological polar surface area (TPSA) is 12.0 Å². The van der Waals surface area contributed by atoms with E-state index in [0.717, 1.165) is 12.6 Å². The van der Waals surface area contributed by atoms with Crippen LogP contribution in [0.1, 0.15) is 31.7 Å². The molecule has 3 heteroatoms. The number of hydrogen-bond acceptors (Lipinski definition) is 2. The summed E-state index contributed by atoms with van der Waals surface area (Å²) in [5, 5.41) is 3.54. The number of thioether (sulfide) groups is 1. The summed E-state index contributed by atoms with van der Waals surface area (Å²) in [5.41, 5.74) is 1.37. The fraction of sp³-hybridized carbons (Fsp3) is 0.538. The van der Waals surface area contributed by atoms with Crippen LogP contribution in [0.25, 0.3) is 0 Å². The normalized spacial score (nSPS) is 15.4. The summed E-state index contributed by atoms with van der Waals surface area (Å²) >= 11 is 5.58. The van der Waals surface area contributed by atoms with Crippen molar-refractivity contribution in [2.45, 2.75) is 43.7 Å². The molecule has 1 N–H and O–H groups in total. The van der Waals surface area contributed by atoms with Crippen molar-refractivity contribution >= 4 is 27.7 Å². The van der Waals surface area contributed by atoms with Crippen molar-refractivity contribution in [3.8, 4) is 0 Å². The predicted octanol–water partition coefficient (Wildman–Crippen LogP) is 4.20. The average molecular weight is 300 g/mol. The van der Waals surface area contributed by atoms with Crippen molar-refractivity contribution in [3.05, 3.63) is 28.2 Å². The minimum absolute atomic E-state index is 0.785. The van der Waals surface area contributed by atoms with Gasteiger partial charge in [-0.1, -0.05) is 13.0 Å². The van der Waals surface area contributed by atoms with Gasteiger partial charge in [0.2, 0.25) is 0 Å². The van der Waals surface area contributed by atoms with Crippen molar-refractivity contribution in [1.82, 2.24) is 5.32 Å². The van der Waals surface area contributed by atoms with E-state index in [-0.39, 0.29) is 0 Å². The molecule has 0 bridgehead atoms. The zero-order valence-corrected chi connectivity index (χ0v) is 12.0. The molecule has 16 heavy (non-hydrogen) atoms. The van der Waals surface area contributed by atoms with E-state index in [9.17, 15) is 0 Å². The Bertz CT molecular complexity index is 350.